The van der Waals surface area contributed by atoms with E-state index in [0.29, 0.717) is 6.61 Å². The lowest BCUT2D eigenvalue weighted by Crippen LogP contribution is -2.30. The van der Waals surface area contributed by atoms with Gasteiger partial charge < -0.3 is 10.5 Å². The molecule has 0 heterocycles. The Morgan fingerprint density at radius 2 is 2.00 bits per heavy atom. The maximum Gasteiger partial charge on any atom is 0.242 e. The summed E-state index contributed by atoms with van der Waals surface area (Å²) in [5.41, 5.74) is 5.98. The van der Waals surface area contributed by atoms with E-state index in [9.17, 15) is 8.42 Å². The Kier molecular flexibility index (Phi) is 6.04. The highest BCUT2D eigenvalue weighted by Gasteiger charge is 2.18. The highest BCUT2D eigenvalue weighted by molar-refractivity contribution is 9.10. The molecule has 1 fully saturated rings. The fourth-order valence-electron chi connectivity index (χ4n) is 2.48. The number of nitrogen functional groups attached to an aromatic ring is 1. The van der Waals surface area contributed by atoms with Gasteiger partial charge in [-0.2, -0.15) is 0 Å². The van der Waals surface area contributed by atoms with E-state index in [2.05, 4.69) is 20.7 Å². The van der Waals surface area contributed by atoms with Gasteiger partial charge in [0, 0.05) is 11.0 Å². The van der Waals surface area contributed by atoms with Gasteiger partial charge >= 0.3 is 0 Å². The van der Waals surface area contributed by atoms with Gasteiger partial charge in [0.25, 0.3) is 0 Å². The molecule has 1 aliphatic carbocycles. The minimum Gasteiger partial charge on any atom is -0.398 e. The Bertz CT molecular complexity index is 572. The third-order valence-electron chi connectivity index (χ3n) is 3.56. The highest BCUT2D eigenvalue weighted by Crippen LogP contribution is 2.23. The van der Waals surface area contributed by atoms with Crippen molar-refractivity contribution in [2.75, 3.05) is 18.9 Å². The van der Waals surface area contributed by atoms with Gasteiger partial charge in [0.1, 0.15) is 4.90 Å². The maximum absolute atomic E-state index is 12.2. The van der Waals surface area contributed by atoms with E-state index in [1.165, 1.54) is 25.3 Å². The van der Waals surface area contributed by atoms with Crippen LogP contribution in [0.2, 0.25) is 0 Å². The Hall–Kier alpha value is -0.630. The molecule has 1 aromatic carbocycles. The summed E-state index contributed by atoms with van der Waals surface area (Å²) in [7, 11) is -3.59. The molecule has 0 aliphatic heterocycles. The van der Waals surface area contributed by atoms with Crippen LogP contribution in [-0.2, 0) is 14.8 Å². The molecule has 0 aromatic heterocycles. The van der Waals surface area contributed by atoms with Crippen molar-refractivity contribution in [3.8, 4) is 0 Å². The smallest absolute Gasteiger partial charge is 0.242 e. The topological polar surface area (TPSA) is 81.4 Å². The lowest BCUT2D eigenvalue weighted by molar-refractivity contribution is 0.0321. The summed E-state index contributed by atoms with van der Waals surface area (Å²) in [6, 6.07) is 4.72. The van der Waals surface area contributed by atoms with E-state index in [1.807, 2.05) is 0 Å². The minimum atomic E-state index is -3.59. The number of hydrogen-bond donors (Lipinski definition) is 2. The zero-order chi connectivity index (χ0) is 15.3. The number of hydrogen-bond acceptors (Lipinski definition) is 4. The second-order valence-corrected chi connectivity index (χ2v) is 7.86. The number of rotatable bonds is 6. The summed E-state index contributed by atoms with van der Waals surface area (Å²) in [6.45, 7) is 0.647. The van der Waals surface area contributed by atoms with Gasteiger partial charge in [-0.3, -0.25) is 0 Å². The zero-order valence-electron chi connectivity index (χ0n) is 11.8. The fraction of sp³-hybridized carbons (Fsp3) is 0.571. The second-order valence-electron chi connectivity index (χ2n) is 5.21. The Morgan fingerprint density at radius 3 is 2.67 bits per heavy atom. The molecule has 0 radical (unpaired) electrons. The van der Waals surface area contributed by atoms with Crippen LogP contribution >= 0.6 is 15.9 Å². The molecule has 118 valence electrons. The van der Waals surface area contributed by atoms with Crippen LogP contribution in [0.4, 0.5) is 5.69 Å². The highest BCUT2D eigenvalue weighted by atomic mass is 79.9. The summed E-state index contributed by atoms with van der Waals surface area (Å²) < 4.78 is 33.3. The van der Waals surface area contributed by atoms with Crippen molar-refractivity contribution in [2.24, 2.45) is 0 Å². The monoisotopic (exact) mass is 376 g/mol. The van der Waals surface area contributed by atoms with E-state index in [1.54, 1.807) is 12.1 Å². The average Bonchev–Trinajstić information content (AvgIpc) is 2.44. The third-order valence-corrected chi connectivity index (χ3v) is 5.59. The predicted molar refractivity (Wildman–Crippen MR) is 86.6 cm³/mol. The van der Waals surface area contributed by atoms with Crippen LogP contribution in [0, 0.1) is 0 Å². The molecule has 2 rings (SSSR count). The molecular weight excluding hydrogens is 356 g/mol. The Morgan fingerprint density at radius 1 is 1.29 bits per heavy atom. The van der Waals surface area contributed by atoms with Crippen LogP contribution in [-0.4, -0.2) is 27.7 Å². The van der Waals surface area contributed by atoms with Gasteiger partial charge in [-0.25, -0.2) is 13.1 Å². The standard InChI is InChI=1S/C14H21BrN2O3S/c15-11-6-7-14(13(16)10-11)21(18,19)17-8-9-20-12-4-2-1-3-5-12/h6-7,10,12,17H,1-5,8-9,16H2. The van der Waals surface area contributed by atoms with E-state index in [-0.39, 0.29) is 23.2 Å². The first-order valence-electron chi connectivity index (χ1n) is 7.15. The largest absolute Gasteiger partial charge is 0.398 e. The van der Waals surface area contributed by atoms with Crippen molar-refractivity contribution in [3.05, 3.63) is 22.7 Å². The van der Waals surface area contributed by atoms with Crippen LogP contribution in [0.25, 0.3) is 0 Å². The summed E-state index contributed by atoms with van der Waals surface area (Å²) in [5.74, 6) is 0. The lowest BCUT2D eigenvalue weighted by atomic mass is 9.98. The maximum atomic E-state index is 12.2. The fourth-order valence-corrected chi connectivity index (χ4v) is 3.98. The number of ether oxygens (including phenoxy) is 1. The van der Waals surface area contributed by atoms with E-state index >= 15 is 0 Å². The zero-order valence-corrected chi connectivity index (χ0v) is 14.2. The van der Waals surface area contributed by atoms with Crippen molar-refractivity contribution in [3.63, 3.8) is 0 Å². The first-order valence-corrected chi connectivity index (χ1v) is 9.43. The summed E-state index contributed by atoms with van der Waals surface area (Å²) in [5, 5.41) is 0. The van der Waals surface area contributed by atoms with E-state index < -0.39 is 10.0 Å². The molecule has 1 aliphatic rings. The molecule has 0 amide bonds. The number of sulfonamides is 1. The van der Waals surface area contributed by atoms with Crippen LogP contribution in [0.5, 0.6) is 0 Å². The lowest BCUT2D eigenvalue weighted by Gasteiger charge is -2.22. The van der Waals surface area contributed by atoms with Crippen LogP contribution in [0.3, 0.4) is 0 Å². The molecule has 0 bridgehead atoms. The Labute approximate surface area is 134 Å². The predicted octanol–water partition coefficient (Wildman–Crippen LogP) is 2.66. The molecule has 1 aromatic rings. The van der Waals surface area contributed by atoms with Crippen molar-refractivity contribution >= 4 is 31.6 Å². The molecule has 1 saturated carbocycles. The Balaban J connectivity index is 1.83. The summed E-state index contributed by atoms with van der Waals surface area (Å²) in [4.78, 5) is 0.100. The van der Waals surface area contributed by atoms with Gasteiger partial charge in [-0.1, -0.05) is 35.2 Å². The third kappa shape index (κ3) is 4.95. The van der Waals surface area contributed by atoms with Gasteiger partial charge in [0.2, 0.25) is 10.0 Å². The number of anilines is 1. The van der Waals surface area contributed by atoms with Gasteiger partial charge in [0.15, 0.2) is 0 Å². The molecule has 0 spiro atoms. The first-order chi connectivity index (χ1) is 9.99. The second kappa shape index (κ2) is 7.58. The number of nitrogens with one attached hydrogen (secondary N) is 1. The van der Waals surface area contributed by atoms with E-state index in [0.717, 1.165) is 17.3 Å². The van der Waals surface area contributed by atoms with Crippen molar-refractivity contribution in [2.45, 2.75) is 43.1 Å². The summed E-state index contributed by atoms with van der Waals surface area (Å²) >= 11 is 3.26. The average molecular weight is 377 g/mol. The van der Waals surface area contributed by atoms with Gasteiger partial charge in [-0.15, -0.1) is 0 Å². The minimum absolute atomic E-state index is 0.100. The normalized spacial score (nSPS) is 17.0. The summed E-state index contributed by atoms with van der Waals surface area (Å²) in [6.07, 6.45) is 6.10. The molecule has 5 nitrogen and oxygen atoms in total. The first kappa shape index (κ1) is 16.7. The molecule has 21 heavy (non-hydrogen) atoms. The molecular formula is C14H21BrN2O3S. The SMILES string of the molecule is Nc1cc(Br)ccc1S(=O)(=O)NCCOC1CCCCC1. The number of halogens is 1. The van der Waals surface area contributed by atoms with Crippen LogP contribution in [0.15, 0.2) is 27.6 Å². The van der Waals surface area contributed by atoms with Crippen LogP contribution in [0.1, 0.15) is 32.1 Å². The van der Waals surface area contributed by atoms with E-state index in [4.69, 9.17) is 10.5 Å². The van der Waals surface area contributed by atoms with Crippen LogP contribution < -0.4 is 10.5 Å². The van der Waals surface area contributed by atoms with Crippen molar-refractivity contribution in [1.29, 1.82) is 0 Å². The van der Waals surface area contributed by atoms with Crippen molar-refractivity contribution in [1.82, 2.24) is 4.72 Å². The van der Waals surface area contributed by atoms with Crippen molar-refractivity contribution < 1.29 is 13.2 Å². The molecule has 3 N–H and O–H groups in total. The molecule has 0 unspecified atom stereocenters. The number of benzene rings is 1. The molecule has 0 saturated heterocycles. The van der Waals surface area contributed by atoms with Gasteiger partial charge in [-0.05, 0) is 31.0 Å². The quantitative estimate of drug-likeness (QED) is 0.590. The number of nitrogens with two attached hydrogens (primary N) is 1. The molecule has 7 heteroatoms. The molecule has 0 atom stereocenters. The van der Waals surface area contributed by atoms with Gasteiger partial charge in [0.05, 0.1) is 18.4 Å².